The molecule has 0 amide bonds. The van der Waals surface area contributed by atoms with Crippen LogP contribution in [0.15, 0.2) is 29.4 Å². The summed E-state index contributed by atoms with van der Waals surface area (Å²) >= 11 is 1.40. The van der Waals surface area contributed by atoms with Crippen molar-refractivity contribution in [2.45, 2.75) is 50.9 Å². The first-order valence-corrected chi connectivity index (χ1v) is 10.1. The molecule has 0 fully saturated rings. The van der Waals surface area contributed by atoms with Crippen molar-refractivity contribution in [2.75, 3.05) is 12.4 Å². The van der Waals surface area contributed by atoms with Gasteiger partial charge in [-0.2, -0.15) is 0 Å². The van der Waals surface area contributed by atoms with E-state index < -0.39 is 0 Å². The van der Waals surface area contributed by atoms with Crippen LogP contribution in [0.2, 0.25) is 0 Å². The van der Waals surface area contributed by atoms with Crippen molar-refractivity contribution in [2.24, 2.45) is 0 Å². The topological polar surface area (TPSA) is 95.9 Å². The third-order valence-electron chi connectivity index (χ3n) is 4.38. The number of fused-ring (bicyclic) bond motifs is 1. The van der Waals surface area contributed by atoms with Crippen LogP contribution in [0.3, 0.4) is 0 Å². The fourth-order valence-corrected chi connectivity index (χ4v) is 3.84. The zero-order valence-electron chi connectivity index (χ0n) is 16.8. The number of para-hydroxylation sites is 1. The van der Waals surface area contributed by atoms with Gasteiger partial charge in [0.05, 0.1) is 23.4 Å². The van der Waals surface area contributed by atoms with E-state index in [-0.39, 0.29) is 11.4 Å². The van der Waals surface area contributed by atoms with Crippen molar-refractivity contribution in [3.63, 3.8) is 0 Å². The number of esters is 1. The third-order valence-corrected chi connectivity index (χ3v) is 5.33. The normalized spacial score (nSPS) is 11.8. The molecule has 3 rings (SSSR count). The molecular formula is C20H25N5O2S. The molecule has 0 saturated carbocycles. The van der Waals surface area contributed by atoms with Crippen molar-refractivity contribution in [1.29, 1.82) is 0 Å². The Kier molecular flexibility index (Phi) is 5.60. The van der Waals surface area contributed by atoms with E-state index in [1.54, 1.807) is 6.92 Å². The SMILES string of the molecule is CCOC(=O)c1c(CSc2nnc(C(C)(C)C)n2N)nc2ccccc2c1C. The number of carbonyl (C=O) groups is 1. The summed E-state index contributed by atoms with van der Waals surface area (Å²) < 4.78 is 6.78. The average molecular weight is 400 g/mol. The molecule has 28 heavy (non-hydrogen) atoms. The molecule has 0 aliphatic rings. The Hall–Kier alpha value is -2.61. The van der Waals surface area contributed by atoms with Crippen molar-refractivity contribution in [1.82, 2.24) is 19.9 Å². The van der Waals surface area contributed by atoms with E-state index in [2.05, 4.69) is 10.2 Å². The molecule has 0 spiro atoms. The Bertz CT molecular complexity index is 1020. The lowest BCUT2D eigenvalue weighted by atomic mass is 9.96. The van der Waals surface area contributed by atoms with Gasteiger partial charge < -0.3 is 10.6 Å². The number of hydrogen-bond acceptors (Lipinski definition) is 7. The second-order valence-electron chi connectivity index (χ2n) is 7.51. The van der Waals surface area contributed by atoms with E-state index in [4.69, 9.17) is 15.6 Å². The van der Waals surface area contributed by atoms with Gasteiger partial charge in [-0.25, -0.2) is 9.47 Å². The molecule has 0 bridgehead atoms. The largest absolute Gasteiger partial charge is 0.462 e. The highest BCUT2D eigenvalue weighted by molar-refractivity contribution is 7.98. The predicted octanol–water partition coefficient (Wildman–Crippen LogP) is 3.62. The molecule has 0 aliphatic carbocycles. The van der Waals surface area contributed by atoms with Crippen LogP contribution in [0.4, 0.5) is 0 Å². The maximum Gasteiger partial charge on any atom is 0.340 e. The number of hydrogen-bond donors (Lipinski definition) is 1. The fraction of sp³-hybridized carbons (Fsp3) is 0.400. The summed E-state index contributed by atoms with van der Waals surface area (Å²) in [5.74, 6) is 6.94. The average Bonchev–Trinajstić information content (AvgIpc) is 3.01. The zero-order chi connectivity index (χ0) is 20.5. The molecule has 0 unspecified atom stereocenters. The summed E-state index contributed by atoms with van der Waals surface area (Å²) in [5, 5.41) is 9.93. The van der Waals surface area contributed by atoms with E-state index in [1.165, 1.54) is 16.4 Å². The molecular weight excluding hydrogens is 374 g/mol. The molecule has 0 aliphatic heterocycles. The Morgan fingerprint density at radius 3 is 2.61 bits per heavy atom. The highest BCUT2D eigenvalue weighted by Gasteiger charge is 2.24. The van der Waals surface area contributed by atoms with Gasteiger partial charge >= 0.3 is 5.97 Å². The van der Waals surface area contributed by atoms with E-state index in [0.29, 0.717) is 34.6 Å². The van der Waals surface area contributed by atoms with Crippen LogP contribution in [0.5, 0.6) is 0 Å². The molecule has 3 aromatic rings. The maximum atomic E-state index is 12.6. The standard InChI is InChI=1S/C20H25N5O2S/c1-6-27-17(26)16-12(2)13-9-7-8-10-14(13)22-15(16)11-28-19-24-23-18(25(19)21)20(3,4)5/h7-10H,6,11,21H2,1-5H3. The number of benzene rings is 1. The summed E-state index contributed by atoms with van der Waals surface area (Å²) in [4.78, 5) is 17.3. The number of thioether (sulfide) groups is 1. The number of aromatic nitrogens is 4. The minimum atomic E-state index is -0.363. The van der Waals surface area contributed by atoms with Crippen LogP contribution < -0.4 is 5.84 Å². The van der Waals surface area contributed by atoms with Crippen LogP contribution in [0.1, 0.15) is 55.1 Å². The molecule has 7 nitrogen and oxygen atoms in total. The van der Waals surface area contributed by atoms with Crippen LogP contribution in [-0.2, 0) is 15.9 Å². The van der Waals surface area contributed by atoms with Gasteiger partial charge in [0.1, 0.15) is 0 Å². The van der Waals surface area contributed by atoms with Crippen LogP contribution in [-0.4, -0.2) is 32.4 Å². The fourth-order valence-electron chi connectivity index (χ4n) is 3.04. The quantitative estimate of drug-likeness (QED) is 0.398. The van der Waals surface area contributed by atoms with Gasteiger partial charge in [-0.15, -0.1) is 10.2 Å². The third kappa shape index (κ3) is 3.82. The molecule has 0 radical (unpaired) electrons. The summed E-state index contributed by atoms with van der Waals surface area (Å²) in [6.45, 7) is 10.1. The van der Waals surface area contributed by atoms with Crippen molar-refractivity contribution >= 4 is 28.6 Å². The van der Waals surface area contributed by atoms with E-state index in [0.717, 1.165) is 16.5 Å². The smallest absolute Gasteiger partial charge is 0.340 e. The van der Waals surface area contributed by atoms with Crippen molar-refractivity contribution in [3.8, 4) is 0 Å². The highest BCUT2D eigenvalue weighted by Crippen LogP contribution is 2.29. The van der Waals surface area contributed by atoms with Crippen molar-refractivity contribution in [3.05, 3.63) is 46.9 Å². The second-order valence-corrected chi connectivity index (χ2v) is 8.45. The minimum Gasteiger partial charge on any atom is -0.462 e. The summed E-state index contributed by atoms with van der Waals surface area (Å²) in [6, 6.07) is 7.77. The van der Waals surface area contributed by atoms with Crippen LogP contribution in [0, 0.1) is 6.92 Å². The van der Waals surface area contributed by atoms with Gasteiger partial charge in [-0.1, -0.05) is 50.7 Å². The monoisotopic (exact) mass is 399 g/mol. The first-order valence-electron chi connectivity index (χ1n) is 9.13. The number of rotatable bonds is 5. The number of ether oxygens (including phenoxy) is 1. The van der Waals surface area contributed by atoms with Crippen LogP contribution in [0.25, 0.3) is 10.9 Å². The zero-order valence-corrected chi connectivity index (χ0v) is 17.6. The number of carbonyl (C=O) groups excluding carboxylic acids is 1. The predicted molar refractivity (Wildman–Crippen MR) is 111 cm³/mol. The minimum absolute atomic E-state index is 0.214. The van der Waals surface area contributed by atoms with Gasteiger partial charge in [-0.05, 0) is 25.5 Å². The molecule has 2 aromatic heterocycles. The maximum absolute atomic E-state index is 12.6. The molecule has 2 heterocycles. The molecule has 0 saturated heterocycles. The molecule has 2 N–H and O–H groups in total. The van der Waals surface area contributed by atoms with Crippen LogP contribution >= 0.6 is 11.8 Å². The number of nitrogens with zero attached hydrogens (tertiary/aromatic N) is 4. The number of aryl methyl sites for hydroxylation is 1. The Morgan fingerprint density at radius 1 is 1.25 bits per heavy atom. The molecule has 8 heteroatoms. The summed E-state index contributed by atoms with van der Waals surface area (Å²) in [5.41, 5.74) is 2.65. The summed E-state index contributed by atoms with van der Waals surface area (Å²) in [6.07, 6.45) is 0. The Balaban J connectivity index is 1.99. The van der Waals surface area contributed by atoms with Crippen molar-refractivity contribution < 1.29 is 9.53 Å². The number of pyridine rings is 1. The molecule has 148 valence electrons. The van der Waals surface area contributed by atoms with E-state index in [9.17, 15) is 4.79 Å². The first-order chi connectivity index (χ1) is 13.2. The summed E-state index contributed by atoms with van der Waals surface area (Å²) in [7, 11) is 0. The van der Waals surface area contributed by atoms with E-state index >= 15 is 0 Å². The van der Waals surface area contributed by atoms with Gasteiger partial charge in [0.25, 0.3) is 0 Å². The second kappa shape index (κ2) is 7.79. The number of nitrogen functional groups attached to an aromatic ring is 1. The van der Waals surface area contributed by atoms with Gasteiger partial charge in [0.15, 0.2) is 5.82 Å². The van der Waals surface area contributed by atoms with Gasteiger partial charge in [0, 0.05) is 16.6 Å². The molecule has 0 atom stereocenters. The lowest BCUT2D eigenvalue weighted by Crippen LogP contribution is -2.24. The highest BCUT2D eigenvalue weighted by atomic mass is 32.2. The van der Waals surface area contributed by atoms with E-state index in [1.807, 2.05) is 52.0 Å². The Morgan fingerprint density at radius 2 is 1.96 bits per heavy atom. The molecule has 1 aromatic carbocycles. The Labute approximate surface area is 168 Å². The lowest BCUT2D eigenvalue weighted by Gasteiger charge is -2.16. The lowest BCUT2D eigenvalue weighted by molar-refractivity contribution is 0.0524. The van der Waals surface area contributed by atoms with Gasteiger partial charge in [-0.3, -0.25) is 4.98 Å². The van der Waals surface area contributed by atoms with Gasteiger partial charge in [0.2, 0.25) is 5.16 Å². The first kappa shape index (κ1) is 20.1. The number of nitrogens with two attached hydrogens (primary N) is 1.